The maximum absolute atomic E-state index is 5.15. The minimum absolute atomic E-state index is 0.0887. The summed E-state index contributed by atoms with van der Waals surface area (Å²) in [5.41, 5.74) is 0. The van der Waals surface area contributed by atoms with Gasteiger partial charge in [-0.05, 0) is 6.58 Å². The molecule has 1 aliphatic rings. The number of hydrogen-bond donors (Lipinski definition) is 0. The second-order valence-electron chi connectivity index (χ2n) is 2.54. The minimum atomic E-state index is -0.0887. The summed E-state index contributed by atoms with van der Waals surface area (Å²) >= 11 is 0. The largest absolute Gasteiger partial charge is 0.463 e. The number of rotatable bonds is 2. The van der Waals surface area contributed by atoms with Crippen LogP contribution in [0.3, 0.4) is 0 Å². The molecule has 70 valence electrons. The predicted molar refractivity (Wildman–Crippen MR) is 42.6 cm³/mol. The Morgan fingerprint density at radius 2 is 1.58 bits per heavy atom. The van der Waals surface area contributed by atoms with Crippen LogP contribution in [0, 0.1) is 0 Å². The lowest BCUT2D eigenvalue weighted by atomic mass is 10.2. The van der Waals surface area contributed by atoms with E-state index in [4.69, 9.17) is 18.9 Å². The van der Waals surface area contributed by atoms with Crippen LogP contribution in [0.4, 0.5) is 0 Å². The summed E-state index contributed by atoms with van der Waals surface area (Å²) in [4.78, 5) is 0. The van der Waals surface area contributed by atoms with Crippen LogP contribution in [0.15, 0.2) is 12.5 Å². The maximum Gasteiger partial charge on any atom is 0.271 e. The highest BCUT2D eigenvalue weighted by Gasteiger charge is 2.26. The van der Waals surface area contributed by atoms with Crippen LogP contribution in [-0.4, -0.2) is 39.6 Å². The molecule has 12 heavy (non-hydrogen) atoms. The standard InChI is InChI=1S/C8H14O4/c1-6-11-4-7(9-2)8(10-3)5-12-6/h7-8H,1,4-5H2,2-3H3. The summed E-state index contributed by atoms with van der Waals surface area (Å²) in [6.45, 7) is 4.40. The molecule has 0 amide bonds. The molecule has 1 heterocycles. The van der Waals surface area contributed by atoms with Gasteiger partial charge in [-0.2, -0.15) is 0 Å². The molecule has 1 rings (SSSR count). The zero-order valence-corrected chi connectivity index (χ0v) is 7.41. The van der Waals surface area contributed by atoms with Gasteiger partial charge in [-0.25, -0.2) is 0 Å². The van der Waals surface area contributed by atoms with Crippen LogP contribution in [0.25, 0.3) is 0 Å². The molecule has 0 aromatic rings. The van der Waals surface area contributed by atoms with Crippen molar-refractivity contribution in [2.24, 2.45) is 0 Å². The summed E-state index contributed by atoms with van der Waals surface area (Å²) < 4.78 is 20.5. The molecule has 1 fully saturated rings. The molecule has 0 aromatic carbocycles. The lowest BCUT2D eigenvalue weighted by Gasteiger charge is -2.19. The molecule has 2 unspecified atom stereocenters. The molecule has 0 bridgehead atoms. The van der Waals surface area contributed by atoms with Gasteiger partial charge in [0, 0.05) is 14.2 Å². The van der Waals surface area contributed by atoms with Gasteiger partial charge in [0.2, 0.25) is 0 Å². The average molecular weight is 174 g/mol. The van der Waals surface area contributed by atoms with Crippen molar-refractivity contribution in [3.05, 3.63) is 12.5 Å². The van der Waals surface area contributed by atoms with Crippen molar-refractivity contribution in [2.45, 2.75) is 12.2 Å². The van der Waals surface area contributed by atoms with Crippen LogP contribution in [-0.2, 0) is 18.9 Å². The summed E-state index contributed by atoms with van der Waals surface area (Å²) in [6, 6.07) is 0. The summed E-state index contributed by atoms with van der Waals surface area (Å²) in [6.07, 6.45) is -0.177. The van der Waals surface area contributed by atoms with Crippen LogP contribution in [0.5, 0.6) is 0 Å². The van der Waals surface area contributed by atoms with Gasteiger partial charge in [0.1, 0.15) is 25.4 Å². The highest BCUT2D eigenvalue weighted by molar-refractivity contribution is 4.79. The van der Waals surface area contributed by atoms with Gasteiger partial charge >= 0.3 is 0 Å². The molecule has 0 N–H and O–H groups in total. The molecular formula is C8H14O4. The molecule has 0 spiro atoms. The molecule has 4 nitrogen and oxygen atoms in total. The van der Waals surface area contributed by atoms with E-state index in [9.17, 15) is 0 Å². The van der Waals surface area contributed by atoms with Crippen LogP contribution >= 0.6 is 0 Å². The van der Waals surface area contributed by atoms with Crippen molar-refractivity contribution >= 4 is 0 Å². The lowest BCUT2D eigenvalue weighted by Crippen LogP contribution is -2.34. The normalized spacial score (nSPS) is 30.3. The fourth-order valence-corrected chi connectivity index (χ4v) is 1.05. The van der Waals surface area contributed by atoms with Crippen molar-refractivity contribution in [2.75, 3.05) is 27.4 Å². The van der Waals surface area contributed by atoms with Gasteiger partial charge in [-0.15, -0.1) is 0 Å². The minimum Gasteiger partial charge on any atom is -0.463 e. The van der Waals surface area contributed by atoms with Gasteiger partial charge in [0.25, 0.3) is 5.95 Å². The second kappa shape index (κ2) is 4.33. The monoisotopic (exact) mass is 174 g/mol. The molecule has 0 radical (unpaired) electrons. The van der Waals surface area contributed by atoms with E-state index in [2.05, 4.69) is 6.58 Å². The Morgan fingerprint density at radius 3 is 1.92 bits per heavy atom. The Kier molecular flexibility index (Phi) is 3.37. The maximum atomic E-state index is 5.15. The van der Waals surface area contributed by atoms with Gasteiger partial charge in [0.05, 0.1) is 0 Å². The first kappa shape index (κ1) is 9.35. The van der Waals surface area contributed by atoms with E-state index in [-0.39, 0.29) is 12.2 Å². The number of methoxy groups -OCH3 is 2. The lowest BCUT2D eigenvalue weighted by molar-refractivity contribution is -0.0564. The Labute approximate surface area is 72.1 Å². The molecular weight excluding hydrogens is 160 g/mol. The number of ether oxygens (including phenoxy) is 4. The van der Waals surface area contributed by atoms with Crippen molar-refractivity contribution in [3.8, 4) is 0 Å². The van der Waals surface area contributed by atoms with E-state index in [1.807, 2.05) is 0 Å². The van der Waals surface area contributed by atoms with Crippen molar-refractivity contribution in [3.63, 3.8) is 0 Å². The van der Waals surface area contributed by atoms with E-state index in [0.29, 0.717) is 19.2 Å². The third kappa shape index (κ3) is 2.12. The fourth-order valence-electron chi connectivity index (χ4n) is 1.05. The Bertz CT molecular complexity index is 141. The van der Waals surface area contributed by atoms with Gasteiger partial charge in [0.15, 0.2) is 0 Å². The number of hydrogen-bond acceptors (Lipinski definition) is 4. The predicted octanol–water partition coefficient (Wildman–Crippen LogP) is 0.534. The highest BCUT2D eigenvalue weighted by atomic mass is 16.7. The SMILES string of the molecule is C=C1OCC(OC)C(OC)CO1. The zero-order chi connectivity index (χ0) is 8.97. The average Bonchev–Trinajstić information content (AvgIpc) is 2.27. The first-order chi connectivity index (χ1) is 5.77. The van der Waals surface area contributed by atoms with E-state index in [1.54, 1.807) is 14.2 Å². The molecule has 0 aliphatic carbocycles. The first-order valence-corrected chi connectivity index (χ1v) is 3.78. The molecule has 2 atom stereocenters. The quantitative estimate of drug-likeness (QED) is 0.612. The first-order valence-electron chi connectivity index (χ1n) is 3.78. The van der Waals surface area contributed by atoms with E-state index in [1.165, 1.54) is 0 Å². The summed E-state index contributed by atoms with van der Waals surface area (Å²) in [5.74, 6) is 0.330. The molecule has 4 heteroatoms. The van der Waals surface area contributed by atoms with Gasteiger partial charge in [-0.1, -0.05) is 0 Å². The van der Waals surface area contributed by atoms with E-state index >= 15 is 0 Å². The van der Waals surface area contributed by atoms with Gasteiger partial charge in [-0.3, -0.25) is 0 Å². The summed E-state index contributed by atoms with van der Waals surface area (Å²) in [5, 5.41) is 0. The van der Waals surface area contributed by atoms with Crippen LogP contribution in [0.2, 0.25) is 0 Å². The van der Waals surface area contributed by atoms with Crippen LogP contribution < -0.4 is 0 Å². The fraction of sp³-hybridized carbons (Fsp3) is 0.750. The zero-order valence-electron chi connectivity index (χ0n) is 7.41. The Morgan fingerprint density at radius 1 is 1.17 bits per heavy atom. The van der Waals surface area contributed by atoms with E-state index in [0.717, 1.165) is 0 Å². The molecule has 1 aliphatic heterocycles. The molecule has 0 aromatic heterocycles. The highest BCUT2D eigenvalue weighted by Crippen LogP contribution is 2.12. The molecule has 1 saturated heterocycles. The van der Waals surface area contributed by atoms with Gasteiger partial charge < -0.3 is 18.9 Å². The van der Waals surface area contributed by atoms with Crippen LogP contribution in [0.1, 0.15) is 0 Å². The summed E-state index contributed by atoms with van der Waals surface area (Å²) in [7, 11) is 3.24. The third-order valence-corrected chi connectivity index (χ3v) is 1.84. The Hall–Kier alpha value is -0.740. The third-order valence-electron chi connectivity index (χ3n) is 1.84. The van der Waals surface area contributed by atoms with Crippen molar-refractivity contribution in [1.82, 2.24) is 0 Å². The van der Waals surface area contributed by atoms with Crippen molar-refractivity contribution < 1.29 is 18.9 Å². The topological polar surface area (TPSA) is 36.9 Å². The van der Waals surface area contributed by atoms with Crippen molar-refractivity contribution in [1.29, 1.82) is 0 Å². The molecule has 0 saturated carbocycles. The van der Waals surface area contributed by atoms with E-state index < -0.39 is 0 Å². The Balaban J connectivity index is 2.52. The smallest absolute Gasteiger partial charge is 0.271 e. The second-order valence-corrected chi connectivity index (χ2v) is 2.54.